The molecule has 0 aliphatic rings. The summed E-state index contributed by atoms with van der Waals surface area (Å²) in [6.07, 6.45) is 4.03. The lowest BCUT2D eigenvalue weighted by Gasteiger charge is -2.07. The summed E-state index contributed by atoms with van der Waals surface area (Å²) in [7, 11) is 2.03. The number of carboxylic acids is 1. The van der Waals surface area contributed by atoms with Gasteiger partial charge in [-0.05, 0) is 29.3 Å². The average Bonchev–Trinajstić information content (AvgIpc) is 3.00. The lowest BCUT2D eigenvalue weighted by atomic mass is 10.00. The molecule has 0 spiro atoms. The van der Waals surface area contributed by atoms with Gasteiger partial charge in [0.15, 0.2) is 0 Å². The van der Waals surface area contributed by atoms with E-state index in [4.69, 9.17) is 11.6 Å². The van der Waals surface area contributed by atoms with Crippen molar-refractivity contribution in [2.75, 3.05) is 0 Å². The van der Waals surface area contributed by atoms with Crippen molar-refractivity contribution >= 4 is 28.5 Å². The first-order valence-corrected chi connectivity index (χ1v) is 8.92. The highest BCUT2D eigenvalue weighted by Gasteiger charge is 2.14. The lowest BCUT2D eigenvalue weighted by molar-refractivity contribution is 0.0695. The Kier molecular flexibility index (Phi) is 4.42. The number of fused-ring (bicyclic) bond motifs is 1. The first kappa shape index (κ1) is 17.3. The molecule has 5 heteroatoms. The van der Waals surface area contributed by atoms with E-state index in [2.05, 4.69) is 40.0 Å². The van der Waals surface area contributed by atoms with Gasteiger partial charge in [-0.2, -0.15) is 0 Å². The molecule has 0 unspecified atom stereocenters. The van der Waals surface area contributed by atoms with Gasteiger partial charge in [-0.15, -0.1) is 0 Å². The van der Waals surface area contributed by atoms with Crippen molar-refractivity contribution in [3.8, 4) is 11.1 Å². The van der Waals surface area contributed by atoms with Gasteiger partial charge in [0.2, 0.25) is 0 Å². The predicted molar refractivity (Wildman–Crippen MR) is 107 cm³/mol. The van der Waals surface area contributed by atoms with E-state index in [1.54, 1.807) is 0 Å². The van der Waals surface area contributed by atoms with E-state index < -0.39 is 5.97 Å². The van der Waals surface area contributed by atoms with Gasteiger partial charge in [-0.3, -0.25) is 4.98 Å². The molecule has 0 saturated carbocycles. The van der Waals surface area contributed by atoms with Crippen LogP contribution >= 0.6 is 11.6 Å². The maximum absolute atomic E-state index is 11.5. The molecule has 134 valence electrons. The molecular weight excluding hydrogens is 360 g/mol. The zero-order valence-electron chi connectivity index (χ0n) is 14.7. The van der Waals surface area contributed by atoms with Gasteiger partial charge in [-0.25, -0.2) is 4.79 Å². The predicted octanol–water partition coefficient (Wildman–Crippen LogP) is 5.18. The van der Waals surface area contributed by atoms with Crippen molar-refractivity contribution in [3.63, 3.8) is 0 Å². The van der Waals surface area contributed by atoms with Crippen LogP contribution in [-0.4, -0.2) is 20.6 Å². The standard InChI is InChI=1S/C22H17ClN2O2/c1-25-13-19(15-5-3-2-4-6-15)17-9-14(7-8-21(17)25)10-20-18(22(26)27)11-16(23)12-24-20/h2-9,11-13H,10H2,1H3,(H,26,27). The van der Waals surface area contributed by atoms with Gasteiger partial charge in [0.05, 0.1) is 16.3 Å². The minimum absolute atomic E-state index is 0.138. The number of rotatable bonds is 4. The van der Waals surface area contributed by atoms with E-state index in [0.717, 1.165) is 27.6 Å². The van der Waals surface area contributed by atoms with Crippen molar-refractivity contribution in [1.82, 2.24) is 9.55 Å². The maximum atomic E-state index is 11.5. The number of aromatic carboxylic acids is 1. The number of halogens is 1. The lowest BCUT2D eigenvalue weighted by Crippen LogP contribution is -2.05. The Morgan fingerprint density at radius 3 is 2.67 bits per heavy atom. The quantitative estimate of drug-likeness (QED) is 0.533. The number of carbonyl (C=O) groups is 1. The van der Waals surface area contributed by atoms with Crippen LogP contribution in [0.4, 0.5) is 0 Å². The Balaban J connectivity index is 1.80. The summed E-state index contributed by atoms with van der Waals surface area (Å²) < 4.78 is 2.10. The number of carboxylic acid groups (broad SMARTS) is 1. The van der Waals surface area contributed by atoms with Crippen molar-refractivity contribution in [3.05, 3.63) is 88.8 Å². The molecule has 0 amide bonds. The third kappa shape index (κ3) is 3.32. The Bertz CT molecular complexity index is 1150. The highest BCUT2D eigenvalue weighted by molar-refractivity contribution is 6.30. The molecule has 0 saturated heterocycles. The number of hydrogen-bond acceptors (Lipinski definition) is 2. The summed E-state index contributed by atoms with van der Waals surface area (Å²) in [4.78, 5) is 15.8. The molecule has 0 fully saturated rings. The van der Waals surface area contributed by atoms with Crippen LogP contribution in [0.3, 0.4) is 0 Å². The van der Waals surface area contributed by atoms with Gasteiger partial charge in [0.1, 0.15) is 0 Å². The van der Waals surface area contributed by atoms with E-state index >= 15 is 0 Å². The maximum Gasteiger partial charge on any atom is 0.337 e. The van der Waals surface area contributed by atoms with E-state index in [9.17, 15) is 9.90 Å². The molecule has 4 rings (SSSR count). The van der Waals surface area contributed by atoms with Crippen LogP contribution in [0.2, 0.25) is 5.02 Å². The minimum atomic E-state index is -1.02. The second-order valence-corrected chi connectivity index (χ2v) is 6.94. The topological polar surface area (TPSA) is 55.1 Å². The number of aryl methyl sites for hydroxylation is 1. The third-order valence-electron chi connectivity index (χ3n) is 4.68. The summed E-state index contributed by atoms with van der Waals surface area (Å²) in [5.41, 5.74) is 5.07. The first-order chi connectivity index (χ1) is 13.0. The van der Waals surface area contributed by atoms with Crippen LogP contribution in [0, 0.1) is 0 Å². The van der Waals surface area contributed by atoms with Crippen LogP contribution in [0.25, 0.3) is 22.0 Å². The number of nitrogens with zero attached hydrogens (tertiary/aromatic N) is 2. The zero-order chi connectivity index (χ0) is 19.0. The fourth-order valence-electron chi connectivity index (χ4n) is 3.38. The van der Waals surface area contributed by atoms with Gasteiger partial charge in [-0.1, -0.05) is 48.0 Å². The molecule has 2 aromatic heterocycles. The number of hydrogen-bond donors (Lipinski definition) is 1. The van der Waals surface area contributed by atoms with Crippen molar-refractivity contribution in [1.29, 1.82) is 0 Å². The monoisotopic (exact) mass is 376 g/mol. The van der Waals surface area contributed by atoms with Gasteiger partial charge < -0.3 is 9.67 Å². The van der Waals surface area contributed by atoms with Gasteiger partial charge in [0.25, 0.3) is 0 Å². The summed E-state index contributed by atoms with van der Waals surface area (Å²) in [6.45, 7) is 0. The van der Waals surface area contributed by atoms with Crippen LogP contribution < -0.4 is 0 Å². The Morgan fingerprint density at radius 2 is 1.93 bits per heavy atom. The Labute approximate surface area is 161 Å². The second-order valence-electron chi connectivity index (χ2n) is 6.50. The van der Waals surface area contributed by atoms with Crippen LogP contribution in [-0.2, 0) is 13.5 Å². The molecule has 4 aromatic rings. The number of aromatic nitrogens is 2. The number of benzene rings is 2. The Hall–Kier alpha value is -3.11. The van der Waals surface area contributed by atoms with Gasteiger partial charge >= 0.3 is 5.97 Å². The molecular formula is C22H17ClN2O2. The van der Waals surface area contributed by atoms with Gasteiger partial charge in [0, 0.05) is 42.3 Å². The van der Waals surface area contributed by atoms with Crippen molar-refractivity contribution in [2.45, 2.75) is 6.42 Å². The van der Waals surface area contributed by atoms with Crippen LogP contribution in [0.15, 0.2) is 67.0 Å². The molecule has 2 heterocycles. The molecule has 0 aliphatic carbocycles. The van der Waals surface area contributed by atoms with E-state index in [-0.39, 0.29) is 5.56 Å². The molecule has 1 N–H and O–H groups in total. The molecule has 0 bridgehead atoms. The summed E-state index contributed by atoms with van der Waals surface area (Å²) in [5.74, 6) is -1.02. The molecule has 27 heavy (non-hydrogen) atoms. The van der Waals surface area contributed by atoms with E-state index in [1.807, 2.05) is 31.3 Å². The third-order valence-corrected chi connectivity index (χ3v) is 4.88. The highest BCUT2D eigenvalue weighted by atomic mass is 35.5. The van der Waals surface area contributed by atoms with E-state index in [0.29, 0.717) is 17.1 Å². The molecule has 2 aromatic carbocycles. The summed E-state index contributed by atoms with van der Waals surface area (Å²) in [6, 6.07) is 17.9. The molecule has 0 aliphatic heterocycles. The zero-order valence-corrected chi connectivity index (χ0v) is 15.4. The first-order valence-electron chi connectivity index (χ1n) is 8.54. The smallest absolute Gasteiger partial charge is 0.337 e. The molecule has 0 radical (unpaired) electrons. The summed E-state index contributed by atoms with van der Waals surface area (Å²) in [5, 5.41) is 10.9. The van der Waals surface area contributed by atoms with Crippen molar-refractivity contribution in [2.24, 2.45) is 7.05 Å². The fourth-order valence-corrected chi connectivity index (χ4v) is 3.54. The highest BCUT2D eigenvalue weighted by Crippen LogP contribution is 2.31. The van der Waals surface area contributed by atoms with Crippen LogP contribution in [0.1, 0.15) is 21.6 Å². The largest absolute Gasteiger partial charge is 0.478 e. The van der Waals surface area contributed by atoms with Crippen molar-refractivity contribution < 1.29 is 9.90 Å². The number of pyridine rings is 1. The minimum Gasteiger partial charge on any atom is -0.478 e. The Morgan fingerprint density at radius 1 is 1.15 bits per heavy atom. The molecule has 4 nitrogen and oxygen atoms in total. The summed E-state index contributed by atoms with van der Waals surface area (Å²) >= 11 is 5.90. The molecule has 0 atom stereocenters. The SMILES string of the molecule is Cn1cc(-c2ccccc2)c2cc(Cc3ncc(Cl)cc3C(=O)O)ccc21. The second kappa shape index (κ2) is 6.89. The average molecular weight is 377 g/mol. The fraction of sp³-hybridized carbons (Fsp3) is 0.0909. The van der Waals surface area contributed by atoms with E-state index in [1.165, 1.54) is 12.3 Å². The van der Waals surface area contributed by atoms with Crippen LogP contribution in [0.5, 0.6) is 0 Å². The normalized spacial score (nSPS) is 11.0.